The van der Waals surface area contributed by atoms with E-state index in [0.717, 1.165) is 38.8 Å². The number of Topliss-reactive ketones (excluding diaryl/α,β-unsaturated/α-hetero) is 1. The van der Waals surface area contributed by atoms with Gasteiger partial charge in [0.15, 0.2) is 0 Å². The Balaban J connectivity index is 1.48. The SMILES string of the molecule is CC#C[C@]1(C)C[C@@H](OC(=O)NC(=O)[C@H]2CN3CC[C@H]2C3)[C@@]2(C)C3C(=O)CCC3(CC[C@H]2C)[C@@H](C)[C@@H]1O. The molecule has 0 radical (unpaired) electrons. The van der Waals surface area contributed by atoms with Crippen LogP contribution in [-0.4, -0.2) is 59.6 Å². The quantitative estimate of drug-likeness (QED) is 0.567. The normalized spacial score (nSPS) is 49.3. The number of hydrogen-bond acceptors (Lipinski definition) is 6. The van der Waals surface area contributed by atoms with E-state index in [-0.39, 0.29) is 40.8 Å². The number of hydrogen-bond donors (Lipinski definition) is 2. The predicted molar refractivity (Wildman–Crippen MR) is 134 cm³/mol. The molecule has 0 aromatic carbocycles. The maximum absolute atomic E-state index is 13.5. The van der Waals surface area contributed by atoms with Crippen LogP contribution < -0.4 is 5.32 Å². The zero-order valence-corrected chi connectivity index (χ0v) is 22.4. The van der Waals surface area contributed by atoms with Crippen LogP contribution in [0.4, 0.5) is 4.79 Å². The van der Waals surface area contributed by atoms with Crippen LogP contribution >= 0.6 is 0 Å². The molecule has 0 spiro atoms. The van der Waals surface area contributed by atoms with Gasteiger partial charge in [-0.3, -0.25) is 14.9 Å². The third-order valence-electron chi connectivity index (χ3n) is 11.4. The number of aliphatic hydroxyl groups excluding tert-OH is 1. The highest BCUT2D eigenvalue weighted by Gasteiger charge is 2.68. The van der Waals surface area contributed by atoms with Gasteiger partial charge >= 0.3 is 6.09 Å². The minimum absolute atomic E-state index is 0.101. The highest BCUT2D eigenvalue weighted by atomic mass is 16.6. The van der Waals surface area contributed by atoms with Crippen LogP contribution in [0.5, 0.6) is 0 Å². The van der Waals surface area contributed by atoms with Crippen LogP contribution in [-0.2, 0) is 14.3 Å². The Morgan fingerprint density at radius 2 is 1.92 bits per heavy atom. The lowest BCUT2D eigenvalue weighted by molar-refractivity contribution is -0.190. The van der Waals surface area contributed by atoms with Crippen LogP contribution in [0, 0.1) is 57.7 Å². The van der Waals surface area contributed by atoms with Gasteiger partial charge in [0.1, 0.15) is 11.9 Å². The summed E-state index contributed by atoms with van der Waals surface area (Å²) in [6, 6.07) is 0. The highest BCUT2D eigenvalue weighted by molar-refractivity contribution is 5.93. The zero-order valence-electron chi connectivity index (χ0n) is 22.4. The third kappa shape index (κ3) is 3.66. The van der Waals surface area contributed by atoms with E-state index in [0.29, 0.717) is 25.3 Å². The van der Waals surface area contributed by atoms with Crippen molar-refractivity contribution in [3.8, 4) is 11.8 Å². The van der Waals surface area contributed by atoms with Crippen LogP contribution in [0.15, 0.2) is 0 Å². The zero-order chi connectivity index (χ0) is 26.0. The second-order valence-corrected chi connectivity index (χ2v) is 13.0. The van der Waals surface area contributed by atoms with E-state index in [2.05, 4.69) is 42.8 Å². The largest absolute Gasteiger partial charge is 0.445 e. The predicted octanol–water partition coefficient (Wildman–Crippen LogP) is 3.39. The molecule has 5 rings (SSSR count). The van der Waals surface area contributed by atoms with Crippen molar-refractivity contribution in [3.63, 3.8) is 0 Å². The standard InChI is InChI=1S/C29H42N2O5/c1-6-10-27(4)14-22(36-26(35)30-25(34)20-16-31-13-9-19(20)15-31)28(5)17(2)7-11-29(18(3)24(27)33)12-8-21(32)23(28)29/h17-20,22-24,33H,7-9,11-16H2,1-5H3,(H,30,34,35)/t17-,18+,19+,20+,22-,23?,24+,27-,28+,29?/m1/s1. The van der Waals surface area contributed by atoms with Crippen molar-refractivity contribution < 1.29 is 24.2 Å². The molecule has 7 nitrogen and oxygen atoms in total. The lowest BCUT2D eigenvalue weighted by atomic mass is 9.44. The molecule has 198 valence electrons. The topological polar surface area (TPSA) is 95.9 Å². The lowest BCUT2D eigenvalue weighted by Crippen LogP contribution is -2.63. The summed E-state index contributed by atoms with van der Waals surface area (Å²) >= 11 is 0. The average Bonchev–Trinajstić information content (AvgIpc) is 3.55. The Labute approximate surface area is 215 Å². The monoisotopic (exact) mass is 498 g/mol. The molecule has 2 amide bonds. The number of ether oxygens (including phenoxy) is 1. The fourth-order valence-electron chi connectivity index (χ4n) is 9.11. The van der Waals surface area contributed by atoms with E-state index < -0.39 is 29.1 Å². The first-order valence-corrected chi connectivity index (χ1v) is 13.8. The van der Waals surface area contributed by atoms with Gasteiger partial charge < -0.3 is 14.7 Å². The molecule has 2 heterocycles. The highest BCUT2D eigenvalue weighted by Crippen LogP contribution is 2.67. The minimum Gasteiger partial charge on any atom is -0.445 e. The Bertz CT molecular complexity index is 1020. The number of piperidine rings is 1. The molecule has 2 N–H and O–H groups in total. The Kier molecular flexibility index (Phi) is 6.32. The van der Waals surface area contributed by atoms with Gasteiger partial charge in [0.25, 0.3) is 0 Å². The van der Waals surface area contributed by atoms with Crippen LogP contribution in [0.2, 0.25) is 0 Å². The van der Waals surface area contributed by atoms with Crippen LogP contribution in [0.1, 0.15) is 73.1 Å². The molecule has 4 bridgehead atoms. The van der Waals surface area contributed by atoms with Gasteiger partial charge in [-0.05, 0) is 69.2 Å². The summed E-state index contributed by atoms with van der Waals surface area (Å²) in [6.45, 7) is 12.7. The molecule has 3 unspecified atom stereocenters. The Morgan fingerprint density at radius 3 is 2.56 bits per heavy atom. The van der Waals surface area contributed by atoms with Gasteiger partial charge in [-0.2, -0.15) is 0 Å². The molecular formula is C29H42N2O5. The second-order valence-electron chi connectivity index (χ2n) is 13.0. The van der Waals surface area contributed by atoms with Crippen molar-refractivity contribution in [2.24, 2.45) is 45.8 Å². The summed E-state index contributed by atoms with van der Waals surface area (Å²) in [5.74, 6) is 6.07. The minimum atomic E-state index is -0.803. The van der Waals surface area contributed by atoms with E-state index in [1.165, 1.54) is 0 Å². The molecule has 5 aliphatic rings. The molecule has 3 aliphatic carbocycles. The molecule has 11 atom stereocenters. The number of nitrogens with one attached hydrogen (secondary N) is 1. The van der Waals surface area contributed by atoms with Gasteiger partial charge in [-0.25, -0.2) is 4.79 Å². The summed E-state index contributed by atoms with van der Waals surface area (Å²) in [6.07, 6.45) is 2.20. The number of imide groups is 1. The first kappa shape index (κ1) is 25.7. The molecule has 2 saturated heterocycles. The van der Waals surface area contributed by atoms with Crippen LogP contribution in [0.3, 0.4) is 0 Å². The van der Waals surface area contributed by atoms with E-state index in [1.807, 2.05) is 6.92 Å². The molecule has 36 heavy (non-hydrogen) atoms. The number of carbonyl (C=O) groups excluding carboxylic acids is 3. The maximum atomic E-state index is 13.5. The molecule has 0 aromatic heterocycles. The summed E-state index contributed by atoms with van der Waals surface area (Å²) in [7, 11) is 0. The number of fused-ring (bicyclic) bond motifs is 2. The van der Waals surface area contributed by atoms with Crippen LogP contribution in [0.25, 0.3) is 0 Å². The molecular weight excluding hydrogens is 456 g/mol. The summed E-state index contributed by atoms with van der Waals surface area (Å²) < 4.78 is 6.16. The fourth-order valence-corrected chi connectivity index (χ4v) is 9.11. The molecule has 5 fully saturated rings. The lowest BCUT2D eigenvalue weighted by Gasteiger charge is -2.61. The fraction of sp³-hybridized carbons (Fsp3) is 0.828. The van der Waals surface area contributed by atoms with Crippen molar-refractivity contribution in [1.29, 1.82) is 0 Å². The Hall–Kier alpha value is -1.91. The first-order chi connectivity index (χ1) is 17.0. The number of aliphatic hydroxyl groups is 1. The number of carbonyl (C=O) groups is 3. The van der Waals surface area contributed by atoms with Gasteiger partial charge in [0.05, 0.1) is 17.4 Å². The number of amides is 2. The average molecular weight is 499 g/mol. The number of ketones is 1. The molecule has 3 saturated carbocycles. The Morgan fingerprint density at radius 1 is 1.17 bits per heavy atom. The van der Waals surface area contributed by atoms with E-state index in [1.54, 1.807) is 6.92 Å². The van der Waals surface area contributed by atoms with Gasteiger partial charge in [-0.15, -0.1) is 5.92 Å². The number of alkyl carbamates (subject to hydrolysis) is 1. The van der Waals surface area contributed by atoms with Crippen molar-refractivity contribution in [2.75, 3.05) is 19.6 Å². The van der Waals surface area contributed by atoms with Gasteiger partial charge in [-0.1, -0.05) is 26.7 Å². The second kappa shape index (κ2) is 8.84. The van der Waals surface area contributed by atoms with E-state index in [9.17, 15) is 19.5 Å². The smallest absolute Gasteiger partial charge is 0.414 e. The van der Waals surface area contributed by atoms with Crippen molar-refractivity contribution in [2.45, 2.75) is 85.4 Å². The number of nitrogens with zero attached hydrogens (tertiary/aromatic N) is 1. The van der Waals surface area contributed by atoms with E-state index >= 15 is 0 Å². The summed E-state index contributed by atoms with van der Waals surface area (Å²) in [5, 5.41) is 14.2. The maximum Gasteiger partial charge on any atom is 0.414 e. The number of rotatable bonds is 2. The molecule has 2 aliphatic heterocycles. The summed E-state index contributed by atoms with van der Waals surface area (Å²) in [5.41, 5.74) is -1.74. The third-order valence-corrected chi connectivity index (χ3v) is 11.4. The van der Waals surface area contributed by atoms with Gasteiger partial charge in [0, 0.05) is 37.3 Å². The van der Waals surface area contributed by atoms with Crippen molar-refractivity contribution >= 4 is 17.8 Å². The van der Waals surface area contributed by atoms with Crippen molar-refractivity contribution in [3.05, 3.63) is 0 Å². The summed E-state index contributed by atoms with van der Waals surface area (Å²) in [4.78, 5) is 42.0. The van der Waals surface area contributed by atoms with E-state index in [4.69, 9.17) is 4.74 Å². The van der Waals surface area contributed by atoms with Crippen molar-refractivity contribution in [1.82, 2.24) is 10.2 Å². The van der Waals surface area contributed by atoms with Gasteiger partial charge in [0.2, 0.25) is 5.91 Å². The molecule has 7 heteroatoms. The first-order valence-electron chi connectivity index (χ1n) is 13.8. The molecule has 0 aromatic rings.